The average Bonchev–Trinajstić information content (AvgIpc) is 2.58. The van der Waals surface area contributed by atoms with Crippen LogP contribution in [-0.2, 0) is 11.3 Å². The SMILES string of the molecule is COc1ccccc1CNC(=O)CN(c1ccccc1C)C(C)C. The van der Waals surface area contributed by atoms with Gasteiger partial charge in [0.2, 0.25) is 5.91 Å². The number of rotatable bonds is 7. The van der Waals surface area contributed by atoms with E-state index in [1.54, 1.807) is 7.11 Å². The molecule has 24 heavy (non-hydrogen) atoms. The first-order chi connectivity index (χ1) is 11.5. The zero-order chi connectivity index (χ0) is 17.5. The van der Waals surface area contributed by atoms with E-state index in [1.165, 1.54) is 5.56 Å². The minimum atomic E-state index is -0.00198. The molecule has 1 N–H and O–H groups in total. The minimum absolute atomic E-state index is 0.00198. The van der Waals surface area contributed by atoms with E-state index in [0.29, 0.717) is 13.1 Å². The lowest BCUT2D eigenvalue weighted by atomic mass is 10.1. The second-order valence-corrected chi connectivity index (χ2v) is 6.10. The molecule has 128 valence electrons. The van der Waals surface area contributed by atoms with Crippen LogP contribution >= 0.6 is 0 Å². The molecule has 0 saturated carbocycles. The second kappa shape index (κ2) is 8.39. The molecule has 0 spiro atoms. The number of aryl methyl sites for hydroxylation is 1. The van der Waals surface area contributed by atoms with Gasteiger partial charge < -0.3 is 15.0 Å². The minimum Gasteiger partial charge on any atom is -0.496 e. The predicted molar refractivity (Wildman–Crippen MR) is 98.5 cm³/mol. The van der Waals surface area contributed by atoms with Gasteiger partial charge in [-0.1, -0.05) is 36.4 Å². The van der Waals surface area contributed by atoms with Crippen LogP contribution in [0.15, 0.2) is 48.5 Å². The van der Waals surface area contributed by atoms with E-state index in [9.17, 15) is 4.79 Å². The summed E-state index contributed by atoms with van der Waals surface area (Å²) in [5.41, 5.74) is 3.24. The van der Waals surface area contributed by atoms with Crippen LogP contribution in [0, 0.1) is 6.92 Å². The van der Waals surface area contributed by atoms with Crippen LogP contribution in [-0.4, -0.2) is 25.6 Å². The molecular formula is C20H26N2O2. The number of nitrogens with one attached hydrogen (secondary N) is 1. The van der Waals surface area contributed by atoms with Gasteiger partial charge in [-0.05, 0) is 38.5 Å². The first-order valence-electron chi connectivity index (χ1n) is 8.23. The van der Waals surface area contributed by atoms with Gasteiger partial charge in [0.15, 0.2) is 0 Å². The summed E-state index contributed by atoms with van der Waals surface area (Å²) >= 11 is 0. The molecule has 0 heterocycles. The summed E-state index contributed by atoms with van der Waals surface area (Å²) in [7, 11) is 1.64. The van der Waals surface area contributed by atoms with E-state index < -0.39 is 0 Å². The van der Waals surface area contributed by atoms with Crippen LogP contribution in [0.1, 0.15) is 25.0 Å². The Kier molecular flexibility index (Phi) is 6.24. The Labute approximate surface area is 144 Å². The summed E-state index contributed by atoms with van der Waals surface area (Å²) in [5, 5.41) is 2.99. The molecule has 2 aromatic carbocycles. The first kappa shape index (κ1) is 17.9. The molecule has 0 aromatic heterocycles. The Hall–Kier alpha value is -2.49. The molecule has 2 rings (SSSR count). The Morgan fingerprint density at radius 2 is 1.79 bits per heavy atom. The van der Waals surface area contributed by atoms with E-state index >= 15 is 0 Å². The van der Waals surface area contributed by atoms with E-state index in [4.69, 9.17) is 4.74 Å². The van der Waals surface area contributed by atoms with Crippen molar-refractivity contribution in [2.75, 3.05) is 18.6 Å². The van der Waals surface area contributed by atoms with Gasteiger partial charge in [-0.15, -0.1) is 0 Å². The summed E-state index contributed by atoms with van der Waals surface area (Å²) in [6, 6.07) is 16.1. The fourth-order valence-electron chi connectivity index (χ4n) is 2.69. The van der Waals surface area contributed by atoms with Gasteiger partial charge in [-0.2, -0.15) is 0 Å². The van der Waals surface area contributed by atoms with Gasteiger partial charge in [0.1, 0.15) is 5.75 Å². The Balaban J connectivity index is 2.03. The monoisotopic (exact) mass is 326 g/mol. The number of hydrogen-bond donors (Lipinski definition) is 1. The molecule has 2 aromatic rings. The molecule has 0 aliphatic rings. The number of ether oxygens (including phenoxy) is 1. The van der Waals surface area contributed by atoms with Gasteiger partial charge in [-0.3, -0.25) is 4.79 Å². The van der Waals surface area contributed by atoms with Gasteiger partial charge in [0, 0.05) is 23.8 Å². The van der Waals surface area contributed by atoms with Crippen LogP contribution in [0.2, 0.25) is 0 Å². The lowest BCUT2D eigenvalue weighted by molar-refractivity contribution is -0.120. The lowest BCUT2D eigenvalue weighted by Gasteiger charge is -2.29. The number of amides is 1. The molecular weight excluding hydrogens is 300 g/mol. The normalized spacial score (nSPS) is 10.5. The maximum Gasteiger partial charge on any atom is 0.239 e. The van der Waals surface area contributed by atoms with Gasteiger partial charge >= 0.3 is 0 Å². The Morgan fingerprint density at radius 1 is 1.12 bits per heavy atom. The number of methoxy groups -OCH3 is 1. The number of carbonyl (C=O) groups excluding carboxylic acids is 1. The second-order valence-electron chi connectivity index (χ2n) is 6.10. The van der Waals surface area contributed by atoms with Crippen molar-refractivity contribution in [3.05, 3.63) is 59.7 Å². The summed E-state index contributed by atoms with van der Waals surface area (Å²) in [6.07, 6.45) is 0. The Bertz CT molecular complexity index is 683. The fourth-order valence-corrected chi connectivity index (χ4v) is 2.69. The van der Waals surface area contributed by atoms with Gasteiger partial charge in [0.05, 0.1) is 13.7 Å². The highest BCUT2D eigenvalue weighted by Crippen LogP contribution is 2.21. The van der Waals surface area contributed by atoms with Crippen molar-refractivity contribution in [3.8, 4) is 5.75 Å². The van der Waals surface area contributed by atoms with E-state index in [2.05, 4.69) is 43.1 Å². The predicted octanol–water partition coefficient (Wildman–Crippen LogP) is 3.53. The molecule has 0 radical (unpaired) electrons. The van der Waals surface area contributed by atoms with Crippen LogP contribution in [0.25, 0.3) is 0 Å². The maximum atomic E-state index is 12.4. The summed E-state index contributed by atoms with van der Waals surface area (Å²) < 4.78 is 5.32. The zero-order valence-corrected chi connectivity index (χ0v) is 14.9. The standard InChI is InChI=1S/C20H26N2O2/c1-15(2)22(18-11-7-5-9-16(18)3)14-20(23)21-13-17-10-6-8-12-19(17)24-4/h5-12,15H,13-14H2,1-4H3,(H,21,23). The topological polar surface area (TPSA) is 41.6 Å². The zero-order valence-electron chi connectivity index (χ0n) is 14.9. The van der Waals surface area contributed by atoms with Crippen LogP contribution < -0.4 is 15.0 Å². The number of benzene rings is 2. The van der Waals surface area contributed by atoms with Crippen molar-refractivity contribution in [2.45, 2.75) is 33.4 Å². The van der Waals surface area contributed by atoms with Crippen LogP contribution in [0.4, 0.5) is 5.69 Å². The molecule has 0 fully saturated rings. The number of para-hydroxylation sites is 2. The molecule has 0 atom stereocenters. The first-order valence-corrected chi connectivity index (χ1v) is 8.23. The average molecular weight is 326 g/mol. The molecule has 1 amide bonds. The van der Waals surface area contributed by atoms with Crippen LogP contribution in [0.3, 0.4) is 0 Å². The highest BCUT2D eigenvalue weighted by atomic mass is 16.5. The third-order valence-corrected chi connectivity index (χ3v) is 4.03. The van der Waals surface area contributed by atoms with Gasteiger partial charge in [0.25, 0.3) is 0 Å². The maximum absolute atomic E-state index is 12.4. The van der Waals surface area contributed by atoms with Gasteiger partial charge in [-0.25, -0.2) is 0 Å². The van der Waals surface area contributed by atoms with Crippen molar-refractivity contribution in [1.82, 2.24) is 5.32 Å². The number of hydrogen-bond acceptors (Lipinski definition) is 3. The van der Waals surface area contributed by atoms with Crippen molar-refractivity contribution >= 4 is 11.6 Å². The lowest BCUT2D eigenvalue weighted by Crippen LogP contribution is -2.41. The third-order valence-electron chi connectivity index (χ3n) is 4.03. The number of nitrogens with zero attached hydrogens (tertiary/aromatic N) is 1. The Morgan fingerprint density at radius 3 is 2.46 bits per heavy atom. The third kappa shape index (κ3) is 4.51. The largest absolute Gasteiger partial charge is 0.496 e. The molecule has 0 bridgehead atoms. The van der Waals surface area contributed by atoms with Crippen molar-refractivity contribution in [1.29, 1.82) is 0 Å². The summed E-state index contributed by atoms with van der Waals surface area (Å²) in [5.74, 6) is 0.787. The molecule has 0 aliphatic carbocycles. The summed E-state index contributed by atoms with van der Waals surface area (Å²) in [4.78, 5) is 14.5. The molecule has 4 heteroatoms. The molecule has 0 saturated heterocycles. The number of carbonyl (C=O) groups is 1. The van der Waals surface area contributed by atoms with Crippen LogP contribution in [0.5, 0.6) is 5.75 Å². The van der Waals surface area contributed by atoms with E-state index in [1.807, 2.05) is 36.4 Å². The molecule has 4 nitrogen and oxygen atoms in total. The van der Waals surface area contributed by atoms with Crippen molar-refractivity contribution < 1.29 is 9.53 Å². The highest BCUT2D eigenvalue weighted by molar-refractivity contribution is 5.81. The van der Waals surface area contributed by atoms with Crippen molar-refractivity contribution in [3.63, 3.8) is 0 Å². The smallest absolute Gasteiger partial charge is 0.239 e. The molecule has 0 aliphatic heterocycles. The van der Waals surface area contributed by atoms with Crippen molar-refractivity contribution in [2.24, 2.45) is 0 Å². The molecule has 0 unspecified atom stereocenters. The van der Waals surface area contributed by atoms with E-state index in [0.717, 1.165) is 17.0 Å². The highest BCUT2D eigenvalue weighted by Gasteiger charge is 2.16. The summed E-state index contributed by atoms with van der Waals surface area (Å²) in [6.45, 7) is 7.05. The fraction of sp³-hybridized carbons (Fsp3) is 0.350. The number of anilines is 1. The van der Waals surface area contributed by atoms with E-state index in [-0.39, 0.29) is 11.9 Å². The quantitative estimate of drug-likeness (QED) is 0.846.